The molecule has 3 heterocycles. The summed E-state index contributed by atoms with van der Waals surface area (Å²) in [5.74, 6) is -1.18. The molecule has 8 heteroatoms. The second-order valence-corrected chi connectivity index (χ2v) is 9.10. The fourth-order valence-electron chi connectivity index (χ4n) is 5.03. The van der Waals surface area contributed by atoms with Crippen molar-refractivity contribution < 1.29 is 23.5 Å². The molecule has 0 saturated carbocycles. The largest absolute Gasteiger partial charge is 0.497 e. The highest BCUT2D eigenvalue weighted by atomic mass is 16.5. The SMILES string of the molecule is COc1ccc(N2C(=O)c3c(C(=O)c4cc5c(ccc6ccccc65)o4)nn(-c4ccccc4)c3C2=O)cc1. The summed E-state index contributed by atoms with van der Waals surface area (Å²) in [5.41, 5.74) is 1.25. The minimum absolute atomic E-state index is 0.0203. The number of nitrogens with zero attached hydrogens (tertiary/aromatic N) is 3. The van der Waals surface area contributed by atoms with E-state index in [4.69, 9.17) is 9.15 Å². The number of hydrogen-bond acceptors (Lipinski definition) is 6. The van der Waals surface area contributed by atoms with Crippen LogP contribution in [0.15, 0.2) is 101 Å². The molecule has 6 aromatic rings. The highest BCUT2D eigenvalue weighted by molar-refractivity contribution is 6.36. The molecule has 0 atom stereocenters. The van der Waals surface area contributed by atoms with E-state index in [1.54, 1.807) is 54.6 Å². The molecule has 2 amide bonds. The van der Waals surface area contributed by atoms with Gasteiger partial charge in [-0.25, -0.2) is 9.58 Å². The third-order valence-electron chi connectivity index (χ3n) is 6.90. The van der Waals surface area contributed by atoms with Crippen molar-refractivity contribution in [1.29, 1.82) is 0 Å². The smallest absolute Gasteiger partial charge is 0.284 e. The maximum absolute atomic E-state index is 13.9. The number of imide groups is 1. The van der Waals surface area contributed by atoms with Gasteiger partial charge in [0.15, 0.2) is 11.5 Å². The van der Waals surface area contributed by atoms with E-state index >= 15 is 0 Å². The summed E-state index contributed by atoms with van der Waals surface area (Å²) in [6, 6.07) is 28.7. The Balaban J connectivity index is 1.39. The van der Waals surface area contributed by atoms with E-state index in [1.807, 2.05) is 42.5 Å². The van der Waals surface area contributed by atoms with Gasteiger partial charge in [0.1, 0.15) is 22.6 Å². The number of ether oxygens (including phenoxy) is 1. The zero-order chi connectivity index (χ0) is 26.7. The minimum Gasteiger partial charge on any atom is -0.497 e. The summed E-state index contributed by atoms with van der Waals surface area (Å²) < 4.78 is 12.5. The van der Waals surface area contributed by atoms with E-state index in [0.717, 1.165) is 21.1 Å². The van der Waals surface area contributed by atoms with E-state index in [9.17, 15) is 14.4 Å². The molecule has 0 saturated heterocycles. The van der Waals surface area contributed by atoms with Crippen molar-refractivity contribution in [3.63, 3.8) is 0 Å². The van der Waals surface area contributed by atoms with Crippen molar-refractivity contribution in [3.05, 3.63) is 120 Å². The van der Waals surface area contributed by atoms with Crippen LogP contribution in [0.2, 0.25) is 0 Å². The highest BCUT2D eigenvalue weighted by Gasteiger charge is 2.45. The Morgan fingerprint density at radius 3 is 2.31 bits per heavy atom. The summed E-state index contributed by atoms with van der Waals surface area (Å²) in [5, 5.41) is 7.21. The van der Waals surface area contributed by atoms with Crippen LogP contribution >= 0.6 is 0 Å². The average molecular weight is 514 g/mol. The Morgan fingerprint density at radius 2 is 1.54 bits per heavy atom. The number of benzene rings is 4. The van der Waals surface area contributed by atoms with Crippen LogP contribution in [-0.2, 0) is 0 Å². The molecule has 0 N–H and O–H groups in total. The molecule has 188 valence electrons. The summed E-state index contributed by atoms with van der Waals surface area (Å²) in [6.45, 7) is 0. The molecule has 0 unspecified atom stereocenters. The molecule has 0 radical (unpaired) electrons. The molecule has 4 aromatic carbocycles. The van der Waals surface area contributed by atoms with E-state index in [1.165, 1.54) is 11.8 Å². The number of carbonyl (C=O) groups is 3. The Bertz CT molecular complexity index is 1950. The van der Waals surface area contributed by atoms with E-state index in [-0.39, 0.29) is 22.7 Å². The van der Waals surface area contributed by atoms with Crippen LogP contribution < -0.4 is 9.64 Å². The Morgan fingerprint density at radius 1 is 0.795 bits per heavy atom. The van der Waals surface area contributed by atoms with Gasteiger partial charge in [-0.15, -0.1) is 0 Å². The van der Waals surface area contributed by atoms with Gasteiger partial charge >= 0.3 is 0 Å². The van der Waals surface area contributed by atoms with E-state index in [2.05, 4.69) is 5.10 Å². The lowest BCUT2D eigenvalue weighted by molar-refractivity contribution is 0.0914. The van der Waals surface area contributed by atoms with Gasteiger partial charge in [-0.3, -0.25) is 14.4 Å². The number of aromatic nitrogens is 2. The van der Waals surface area contributed by atoms with Crippen molar-refractivity contribution in [3.8, 4) is 11.4 Å². The van der Waals surface area contributed by atoms with Crippen molar-refractivity contribution in [2.24, 2.45) is 0 Å². The second kappa shape index (κ2) is 8.53. The average Bonchev–Trinajstić information content (AvgIpc) is 3.66. The van der Waals surface area contributed by atoms with Gasteiger partial charge in [0, 0.05) is 5.39 Å². The fourth-order valence-corrected chi connectivity index (χ4v) is 5.03. The summed E-state index contributed by atoms with van der Waals surface area (Å²) in [7, 11) is 1.53. The van der Waals surface area contributed by atoms with Crippen LogP contribution in [-0.4, -0.2) is 34.5 Å². The molecular weight excluding hydrogens is 494 g/mol. The first-order valence-electron chi connectivity index (χ1n) is 12.2. The van der Waals surface area contributed by atoms with Crippen LogP contribution in [0.5, 0.6) is 5.75 Å². The van der Waals surface area contributed by atoms with Gasteiger partial charge in [-0.1, -0.05) is 48.5 Å². The predicted octanol–water partition coefficient (Wildman–Crippen LogP) is 5.81. The van der Waals surface area contributed by atoms with Crippen molar-refractivity contribution >= 4 is 45.0 Å². The number of methoxy groups -OCH3 is 1. The number of anilines is 1. The number of rotatable bonds is 5. The van der Waals surface area contributed by atoms with Crippen molar-refractivity contribution in [1.82, 2.24) is 9.78 Å². The topological polar surface area (TPSA) is 94.6 Å². The first kappa shape index (κ1) is 22.7. The van der Waals surface area contributed by atoms with Crippen molar-refractivity contribution in [2.45, 2.75) is 0 Å². The first-order chi connectivity index (χ1) is 19.0. The normalized spacial score (nSPS) is 12.9. The Labute approximate surface area is 221 Å². The molecule has 1 aliphatic rings. The summed E-state index contributed by atoms with van der Waals surface area (Å²) in [4.78, 5) is 42.4. The molecule has 0 spiro atoms. The second-order valence-electron chi connectivity index (χ2n) is 9.10. The number of ketones is 1. The third-order valence-corrected chi connectivity index (χ3v) is 6.90. The molecule has 8 nitrogen and oxygen atoms in total. The number of carbonyl (C=O) groups excluding carboxylic acids is 3. The van der Waals surface area contributed by atoms with Crippen LogP contribution in [0, 0.1) is 0 Å². The molecule has 7 rings (SSSR count). The monoisotopic (exact) mass is 513 g/mol. The lowest BCUT2D eigenvalue weighted by Gasteiger charge is -2.15. The van der Waals surface area contributed by atoms with Crippen LogP contribution in [0.1, 0.15) is 37.1 Å². The molecule has 2 aromatic heterocycles. The maximum Gasteiger partial charge on any atom is 0.284 e. The Kier molecular flexibility index (Phi) is 4.96. The zero-order valence-corrected chi connectivity index (χ0v) is 20.6. The van der Waals surface area contributed by atoms with Gasteiger partial charge in [-0.2, -0.15) is 5.10 Å². The molecule has 0 bridgehead atoms. The zero-order valence-electron chi connectivity index (χ0n) is 20.6. The van der Waals surface area contributed by atoms with Gasteiger partial charge < -0.3 is 9.15 Å². The maximum atomic E-state index is 13.9. The van der Waals surface area contributed by atoms with Gasteiger partial charge in [0.25, 0.3) is 11.8 Å². The quantitative estimate of drug-likeness (QED) is 0.213. The van der Waals surface area contributed by atoms with E-state index in [0.29, 0.717) is 22.7 Å². The molecule has 39 heavy (non-hydrogen) atoms. The van der Waals surface area contributed by atoms with Crippen LogP contribution in [0.25, 0.3) is 27.4 Å². The predicted molar refractivity (Wildman–Crippen MR) is 145 cm³/mol. The minimum atomic E-state index is -0.632. The first-order valence-corrected chi connectivity index (χ1v) is 12.2. The summed E-state index contributed by atoms with van der Waals surface area (Å²) >= 11 is 0. The highest BCUT2D eigenvalue weighted by Crippen LogP contribution is 2.35. The van der Waals surface area contributed by atoms with Gasteiger partial charge in [0.2, 0.25) is 5.78 Å². The van der Waals surface area contributed by atoms with Crippen LogP contribution in [0.4, 0.5) is 5.69 Å². The lowest BCUT2D eigenvalue weighted by atomic mass is 10.1. The number of fused-ring (bicyclic) bond motifs is 4. The Hall–Kier alpha value is -5.50. The molecule has 1 aliphatic heterocycles. The summed E-state index contributed by atoms with van der Waals surface area (Å²) in [6.07, 6.45) is 0. The number of amides is 2. The molecule has 0 aliphatic carbocycles. The number of hydrogen-bond donors (Lipinski definition) is 0. The third kappa shape index (κ3) is 3.39. The molecule has 0 fully saturated rings. The van der Waals surface area contributed by atoms with Gasteiger partial charge in [-0.05, 0) is 59.3 Å². The van der Waals surface area contributed by atoms with Gasteiger partial charge in [0.05, 0.1) is 18.5 Å². The standard InChI is InChI=1S/C31H19N3O5/c1-38-21-14-12-19(13-15-21)33-30(36)26-27(32-34(28(26)31(33)37)20-8-3-2-4-9-20)29(35)25-17-23-22-10-6-5-7-18(22)11-16-24(23)39-25/h2-17H,1H3. The number of para-hydroxylation sites is 1. The molecular formula is C31H19N3O5. The number of furan rings is 1. The van der Waals surface area contributed by atoms with Crippen molar-refractivity contribution in [2.75, 3.05) is 12.0 Å². The lowest BCUT2D eigenvalue weighted by Crippen LogP contribution is -2.31. The fraction of sp³-hybridized carbons (Fsp3) is 0.0323. The van der Waals surface area contributed by atoms with Crippen LogP contribution in [0.3, 0.4) is 0 Å². The van der Waals surface area contributed by atoms with E-state index < -0.39 is 17.6 Å².